The Kier molecular flexibility index (Phi) is 4.30. The van der Waals surface area contributed by atoms with Crippen molar-refractivity contribution in [3.8, 4) is 0 Å². The van der Waals surface area contributed by atoms with E-state index in [0.717, 1.165) is 12.8 Å². The summed E-state index contributed by atoms with van der Waals surface area (Å²) in [7, 11) is 0. The first-order valence-corrected chi connectivity index (χ1v) is 7.20. The van der Waals surface area contributed by atoms with Gasteiger partial charge >= 0.3 is 5.97 Å². The van der Waals surface area contributed by atoms with Crippen LogP contribution in [0.3, 0.4) is 0 Å². The molecule has 0 aromatic heterocycles. The maximum atomic E-state index is 11.8. The number of carbonyl (C=O) groups is 1. The van der Waals surface area contributed by atoms with E-state index in [0.29, 0.717) is 18.3 Å². The number of ether oxygens (including phenoxy) is 1. The molecule has 0 radical (unpaired) electrons. The van der Waals surface area contributed by atoms with Gasteiger partial charge in [0.05, 0.1) is 6.61 Å². The summed E-state index contributed by atoms with van der Waals surface area (Å²) >= 11 is 1.80. The average molecular weight is 265 g/mol. The summed E-state index contributed by atoms with van der Waals surface area (Å²) in [6.45, 7) is 2.21. The van der Waals surface area contributed by atoms with Gasteiger partial charge in [-0.3, -0.25) is 4.79 Å². The number of carbonyl (C=O) groups excluding carboxylic acids is 1. The number of hydrogen-bond acceptors (Lipinski definition) is 4. The van der Waals surface area contributed by atoms with Crippen LogP contribution < -0.4 is 5.73 Å². The van der Waals surface area contributed by atoms with Gasteiger partial charge in [0.15, 0.2) is 0 Å². The average Bonchev–Trinajstić information content (AvgIpc) is 2.74. The van der Waals surface area contributed by atoms with Gasteiger partial charge in [0.2, 0.25) is 0 Å². The van der Waals surface area contributed by atoms with Crippen molar-refractivity contribution in [2.24, 2.45) is 5.73 Å². The Hall–Kier alpha value is -1.00. The zero-order valence-corrected chi connectivity index (χ0v) is 11.4. The third kappa shape index (κ3) is 3.06. The summed E-state index contributed by atoms with van der Waals surface area (Å²) in [6, 6.07) is 10.2. The van der Waals surface area contributed by atoms with Crippen LogP contribution >= 0.6 is 11.8 Å². The van der Waals surface area contributed by atoms with Gasteiger partial charge in [0.25, 0.3) is 0 Å². The molecule has 3 nitrogen and oxygen atoms in total. The van der Waals surface area contributed by atoms with E-state index in [1.807, 2.05) is 25.1 Å². The maximum absolute atomic E-state index is 11.8. The van der Waals surface area contributed by atoms with Crippen LogP contribution in [0.2, 0.25) is 0 Å². The van der Waals surface area contributed by atoms with Crippen molar-refractivity contribution in [3.05, 3.63) is 30.3 Å². The molecular formula is C14H19NO2S. The minimum atomic E-state index is -0.775. The molecule has 2 atom stereocenters. The van der Waals surface area contributed by atoms with Gasteiger partial charge in [0.1, 0.15) is 5.54 Å². The van der Waals surface area contributed by atoms with Crippen LogP contribution in [0.4, 0.5) is 0 Å². The summed E-state index contributed by atoms with van der Waals surface area (Å²) in [5.41, 5.74) is 5.37. The molecular weight excluding hydrogens is 246 g/mol. The third-order valence-electron chi connectivity index (χ3n) is 3.23. The molecule has 2 rings (SSSR count). The Morgan fingerprint density at radius 2 is 2.22 bits per heavy atom. The molecule has 0 aliphatic heterocycles. The second kappa shape index (κ2) is 5.76. The van der Waals surface area contributed by atoms with E-state index >= 15 is 0 Å². The molecule has 2 unspecified atom stereocenters. The van der Waals surface area contributed by atoms with Gasteiger partial charge in [-0.25, -0.2) is 0 Å². The van der Waals surface area contributed by atoms with Crippen molar-refractivity contribution in [3.63, 3.8) is 0 Å². The van der Waals surface area contributed by atoms with Crippen molar-refractivity contribution >= 4 is 17.7 Å². The summed E-state index contributed by atoms with van der Waals surface area (Å²) in [6.07, 6.45) is 2.39. The highest BCUT2D eigenvalue weighted by Crippen LogP contribution is 2.39. The lowest BCUT2D eigenvalue weighted by atomic mass is 10.00. The fourth-order valence-corrected chi connectivity index (χ4v) is 3.60. The number of rotatable bonds is 4. The molecule has 1 fully saturated rings. The lowest BCUT2D eigenvalue weighted by Crippen LogP contribution is -2.47. The van der Waals surface area contributed by atoms with E-state index in [4.69, 9.17) is 10.5 Å². The molecule has 1 aliphatic rings. The fourth-order valence-electron chi connectivity index (χ4n) is 2.28. The number of benzene rings is 1. The largest absolute Gasteiger partial charge is 0.465 e. The molecule has 1 saturated carbocycles. The van der Waals surface area contributed by atoms with Crippen LogP contribution in [0.5, 0.6) is 0 Å². The maximum Gasteiger partial charge on any atom is 0.326 e. The SMILES string of the molecule is CCOC(=O)C1(N)CCC(Sc2ccccc2)C1. The molecule has 0 bridgehead atoms. The van der Waals surface area contributed by atoms with Gasteiger partial charge in [-0.1, -0.05) is 18.2 Å². The number of esters is 1. The standard InChI is InChI=1S/C14H19NO2S/c1-2-17-13(16)14(15)9-8-12(10-14)18-11-6-4-3-5-7-11/h3-7,12H,2,8-10,15H2,1H3. The van der Waals surface area contributed by atoms with Crippen molar-refractivity contribution in [1.29, 1.82) is 0 Å². The quantitative estimate of drug-likeness (QED) is 0.850. The lowest BCUT2D eigenvalue weighted by molar-refractivity contribution is -0.149. The summed E-state index contributed by atoms with van der Waals surface area (Å²) in [5, 5.41) is 0.404. The van der Waals surface area contributed by atoms with E-state index in [1.54, 1.807) is 11.8 Å². The predicted octanol–water partition coefficient (Wildman–Crippen LogP) is 2.59. The smallest absolute Gasteiger partial charge is 0.326 e. The number of thioether (sulfide) groups is 1. The van der Waals surface area contributed by atoms with Gasteiger partial charge in [0, 0.05) is 10.1 Å². The van der Waals surface area contributed by atoms with Crippen LogP contribution in [-0.4, -0.2) is 23.4 Å². The van der Waals surface area contributed by atoms with Gasteiger partial charge in [-0.05, 0) is 38.3 Å². The van der Waals surface area contributed by atoms with Crippen LogP contribution in [0.1, 0.15) is 26.2 Å². The Balaban J connectivity index is 1.94. The number of nitrogens with two attached hydrogens (primary N) is 1. The van der Waals surface area contributed by atoms with Crippen molar-refractivity contribution in [2.75, 3.05) is 6.61 Å². The van der Waals surface area contributed by atoms with E-state index < -0.39 is 5.54 Å². The van der Waals surface area contributed by atoms with Gasteiger partial charge in [-0.2, -0.15) is 0 Å². The van der Waals surface area contributed by atoms with Crippen LogP contribution in [-0.2, 0) is 9.53 Å². The Morgan fingerprint density at radius 3 is 2.89 bits per heavy atom. The lowest BCUT2D eigenvalue weighted by Gasteiger charge is -2.21. The van der Waals surface area contributed by atoms with Crippen molar-refractivity contribution < 1.29 is 9.53 Å². The Morgan fingerprint density at radius 1 is 1.50 bits per heavy atom. The molecule has 0 spiro atoms. The second-order valence-electron chi connectivity index (χ2n) is 4.67. The predicted molar refractivity (Wildman–Crippen MR) is 73.5 cm³/mol. The highest BCUT2D eigenvalue weighted by Gasteiger charge is 2.43. The molecule has 4 heteroatoms. The van der Waals surface area contributed by atoms with E-state index in [1.165, 1.54) is 4.90 Å². The molecule has 18 heavy (non-hydrogen) atoms. The van der Waals surface area contributed by atoms with Crippen LogP contribution in [0.15, 0.2) is 35.2 Å². The third-order valence-corrected chi connectivity index (χ3v) is 4.51. The zero-order chi connectivity index (χ0) is 13.0. The summed E-state index contributed by atoms with van der Waals surface area (Å²) in [4.78, 5) is 13.0. The fraction of sp³-hybridized carbons (Fsp3) is 0.500. The first kappa shape index (κ1) is 13.4. The van der Waals surface area contributed by atoms with E-state index in [-0.39, 0.29) is 5.97 Å². The Bertz CT molecular complexity index is 410. The molecule has 2 N–H and O–H groups in total. The monoisotopic (exact) mass is 265 g/mol. The zero-order valence-electron chi connectivity index (χ0n) is 10.6. The van der Waals surface area contributed by atoms with Crippen molar-refractivity contribution in [2.45, 2.75) is 41.9 Å². The first-order chi connectivity index (χ1) is 8.64. The topological polar surface area (TPSA) is 52.3 Å². The summed E-state index contributed by atoms with van der Waals surface area (Å²) in [5.74, 6) is -0.249. The minimum Gasteiger partial charge on any atom is -0.465 e. The van der Waals surface area contributed by atoms with Crippen LogP contribution in [0.25, 0.3) is 0 Å². The van der Waals surface area contributed by atoms with Crippen LogP contribution in [0, 0.1) is 0 Å². The molecule has 0 saturated heterocycles. The minimum absolute atomic E-state index is 0.249. The molecule has 98 valence electrons. The number of hydrogen-bond donors (Lipinski definition) is 1. The second-order valence-corrected chi connectivity index (χ2v) is 6.05. The highest BCUT2D eigenvalue weighted by molar-refractivity contribution is 8.00. The van der Waals surface area contributed by atoms with E-state index in [9.17, 15) is 4.79 Å². The highest BCUT2D eigenvalue weighted by atomic mass is 32.2. The summed E-state index contributed by atoms with van der Waals surface area (Å²) < 4.78 is 5.05. The Labute approximate surface area is 112 Å². The normalized spacial score (nSPS) is 27.1. The molecule has 1 aliphatic carbocycles. The van der Waals surface area contributed by atoms with Crippen molar-refractivity contribution in [1.82, 2.24) is 0 Å². The molecule has 1 aromatic carbocycles. The van der Waals surface area contributed by atoms with E-state index in [2.05, 4.69) is 12.1 Å². The molecule has 0 amide bonds. The molecule has 1 aromatic rings. The van der Waals surface area contributed by atoms with Gasteiger partial charge < -0.3 is 10.5 Å². The molecule has 0 heterocycles. The first-order valence-electron chi connectivity index (χ1n) is 6.32. The van der Waals surface area contributed by atoms with Gasteiger partial charge in [-0.15, -0.1) is 11.8 Å².